The minimum atomic E-state index is -0.0510. The third-order valence-electron chi connectivity index (χ3n) is 5.48. The molecule has 174 valence electrons. The fourth-order valence-electron chi connectivity index (χ4n) is 3.10. The zero-order valence-corrected chi connectivity index (χ0v) is 19.9. The van der Waals surface area contributed by atoms with Crippen LogP contribution in [-0.4, -0.2) is 19.0 Å². The average Bonchev–Trinajstić information content (AvgIpc) is 2.83. The standard InChI is InChI=1S/C28H39NO3/c1-4-6-7-8-9-10-21-31-26-17-13-25(14-18-26)29-20-19-28(30)24-11-15-27(16-12-24)32-22-23(3)5-2/h11-20,23,29H,4-10,21-22H2,1-3H3/b20-19+/t23-/m0/s1. The summed E-state index contributed by atoms with van der Waals surface area (Å²) in [6.45, 7) is 7.99. The van der Waals surface area contributed by atoms with Gasteiger partial charge in [-0.15, -0.1) is 0 Å². The van der Waals surface area contributed by atoms with Crippen molar-refractivity contribution in [2.45, 2.75) is 65.7 Å². The van der Waals surface area contributed by atoms with E-state index in [1.54, 1.807) is 18.3 Å². The smallest absolute Gasteiger partial charge is 0.187 e. The van der Waals surface area contributed by atoms with E-state index in [9.17, 15) is 4.79 Å². The number of ketones is 1. The molecule has 0 aliphatic rings. The molecule has 1 atom stereocenters. The van der Waals surface area contributed by atoms with E-state index < -0.39 is 0 Å². The van der Waals surface area contributed by atoms with Gasteiger partial charge in [0.05, 0.1) is 13.2 Å². The molecule has 1 N–H and O–H groups in total. The topological polar surface area (TPSA) is 47.6 Å². The van der Waals surface area contributed by atoms with Gasteiger partial charge in [0.15, 0.2) is 5.78 Å². The Morgan fingerprint density at radius 1 is 0.875 bits per heavy atom. The molecule has 0 spiro atoms. The second-order valence-electron chi connectivity index (χ2n) is 8.33. The van der Waals surface area contributed by atoms with Crippen LogP contribution >= 0.6 is 0 Å². The molecule has 2 aromatic rings. The van der Waals surface area contributed by atoms with Gasteiger partial charge in [0.1, 0.15) is 11.5 Å². The Hall–Kier alpha value is -2.75. The largest absolute Gasteiger partial charge is 0.494 e. The molecule has 0 saturated heterocycles. The normalized spacial score (nSPS) is 12.0. The number of hydrogen-bond acceptors (Lipinski definition) is 4. The van der Waals surface area contributed by atoms with Crippen molar-refractivity contribution >= 4 is 11.5 Å². The summed E-state index contributed by atoms with van der Waals surface area (Å²) in [4.78, 5) is 12.4. The molecule has 4 heteroatoms. The molecule has 0 unspecified atom stereocenters. The summed E-state index contributed by atoms with van der Waals surface area (Å²) in [7, 11) is 0. The average molecular weight is 438 g/mol. The predicted molar refractivity (Wildman–Crippen MR) is 134 cm³/mol. The molecule has 0 aliphatic heterocycles. The zero-order valence-electron chi connectivity index (χ0n) is 19.9. The fraction of sp³-hybridized carbons (Fsp3) is 0.464. The van der Waals surface area contributed by atoms with Crippen molar-refractivity contribution in [1.29, 1.82) is 0 Å². The number of hydrogen-bond donors (Lipinski definition) is 1. The highest BCUT2D eigenvalue weighted by atomic mass is 16.5. The first-order valence-corrected chi connectivity index (χ1v) is 12.1. The predicted octanol–water partition coefficient (Wildman–Crippen LogP) is 7.66. The number of anilines is 1. The summed E-state index contributed by atoms with van der Waals surface area (Å²) in [6.07, 6.45) is 11.8. The first-order chi connectivity index (χ1) is 15.6. The monoisotopic (exact) mass is 437 g/mol. The molecule has 0 heterocycles. The Kier molecular flexibility index (Phi) is 12.1. The van der Waals surface area contributed by atoms with Gasteiger partial charge in [-0.2, -0.15) is 0 Å². The quantitative estimate of drug-likeness (QED) is 0.166. The van der Waals surface area contributed by atoms with Gasteiger partial charge < -0.3 is 14.8 Å². The highest BCUT2D eigenvalue weighted by molar-refractivity contribution is 6.04. The summed E-state index contributed by atoms with van der Waals surface area (Å²) in [5, 5.41) is 3.14. The fourth-order valence-corrected chi connectivity index (χ4v) is 3.10. The number of rotatable bonds is 16. The summed E-state index contributed by atoms with van der Waals surface area (Å²) in [5.41, 5.74) is 1.55. The van der Waals surface area contributed by atoms with Crippen molar-refractivity contribution in [2.24, 2.45) is 5.92 Å². The van der Waals surface area contributed by atoms with Gasteiger partial charge in [0, 0.05) is 23.5 Å². The Morgan fingerprint density at radius 3 is 2.19 bits per heavy atom. The Bertz CT molecular complexity index is 796. The van der Waals surface area contributed by atoms with E-state index in [0.717, 1.165) is 36.6 Å². The second kappa shape index (κ2) is 15.1. The van der Waals surface area contributed by atoms with Crippen LogP contribution in [0.15, 0.2) is 60.8 Å². The lowest BCUT2D eigenvalue weighted by molar-refractivity contribution is 0.104. The molecular formula is C28H39NO3. The maximum absolute atomic E-state index is 12.4. The molecule has 2 rings (SSSR count). The van der Waals surface area contributed by atoms with E-state index in [-0.39, 0.29) is 5.78 Å². The van der Waals surface area contributed by atoms with Gasteiger partial charge in [0.2, 0.25) is 0 Å². The van der Waals surface area contributed by atoms with Crippen LogP contribution < -0.4 is 14.8 Å². The van der Waals surface area contributed by atoms with Crippen LogP contribution in [0, 0.1) is 5.92 Å². The second-order valence-corrected chi connectivity index (χ2v) is 8.33. The van der Waals surface area contributed by atoms with E-state index in [1.165, 1.54) is 38.2 Å². The number of nitrogens with one attached hydrogen (secondary N) is 1. The Morgan fingerprint density at radius 2 is 1.50 bits per heavy atom. The number of benzene rings is 2. The van der Waals surface area contributed by atoms with Gasteiger partial charge in [-0.05, 0) is 60.9 Å². The molecule has 2 aromatic carbocycles. The van der Waals surface area contributed by atoms with Crippen LogP contribution in [0.2, 0.25) is 0 Å². The van der Waals surface area contributed by atoms with Crippen LogP contribution in [0.25, 0.3) is 0 Å². The summed E-state index contributed by atoms with van der Waals surface area (Å²) in [6, 6.07) is 15.1. The summed E-state index contributed by atoms with van der Waals surface area (Å²) in [5.74, 6) is 2.14. The molecule has 4 nitrogen and oxygen atoms in total. The van der Waals surface area contributed by atoms with Crippen LogP contribution in [0.1, 0.15) is 76.1 Å². The van der Waals surface area contributed by atoms with Crippen LogP contribution in [-0.2, 0) is 0 Å². The van der Waals surface area contributed by atoms with Gasteiger partial charge in [-0.25, -0.2) is 0 Å². The molecule has 0 saturated carbocycles. The zero-order chi connectivity index (χ0) is 23.0. The molecule has 0 fully saturated rings. The van der Waals surface area contributed by atoms with Gasteiger partial charge >= 0.3 is 0 Å². The minimum absolute atomic E-state index is 0.0510. The van der Waals surface area contributed by atoms with Crippen LogP contribution in [0.3, 0.4) is 0 Å². The lowest BCUT2D eigenvalue weighted by atomic mass is 10.1. The van der Waals surface area contributed by atoms with Crippen molar-refractivity contribution in [3.63, 3.8) is 0 Å². The number of allylic oxidation sites excluding steroid dienone is 1. The van der Waals surface area contributed by atoms with Crippen LogP contribution in [0.5, 0.6) is 11.5 Å². The number of ether oxygens (including phenoxy) is 2. The van der Waals surface area contributed by atoms with Gasteiger partial charge in [-0.1, -0.05) is 59.3 Å². The number of unbranched alkanes of at least 4 members (excludes halogenated alkanes) is 5. The highest BCUT2D eigenvalue weighted by Gasteiger charge is 2.04. The van der Waals surface area contributed by atoms with Crippen molar-refractivity contribution in [2.75, 3.05) is 18.5 Å². The molecule has 0 aliphatic carbocycles. The minimum Gasteiger partial charge on any atom is -0.494 e. The lowest BCUT2D eigenvalue weighted by Crippen LogP contribution is -2.07. The molecule has 32 heavy (non-hydrogen) atoms. The van der Waals surface area contributed by atoms with Gasteiger partial charge in [0.25, 0.3) is 0 Å². The lowest BCUT2D eigenvalue weighted by Gasteiger charge is -2.10. The third-order valence-corrected chi connectivity index (χ3v) is 5.48. The van der Waals surface area contributed by atoms with E-state index in [4.69, 9.17) is 9.47 Å². The van der Waals surface area contributed by atoms with Crippen LogP contribution in [0.4, 0.5) is 5.69 Å². The molecule has 0 amide bonds. The first-order valence-electron chi connectivity index (χ1n) is 12.1. The SMILES string of the molecule is CCCCCCCCOc1ccc(N/C=C/C(=O)c2ccc(OC[C@@H](C)CC)cc2)cc1. The summed E-state index contributed by atoms with van der Waals surface area (Å²) >= 11 is 0. The maximum Gasteiger partial charge on any atom is 0.187 e. The first kappa shape index (κ1) is 25.5. The van der Waals surface area contributed by atoms with E-state index in [1.807, 2.05) is 36.4 Å². The number of carbonyl (C=O) groups is 1. The molecule has 0 bridgehead atoms. The molecule has 0 aromatic heterocycles. The van der Waals surface area contributed by atoms with E-state index >= 15 is 0 Å². The maximum atomic E-state index is 12.4. The van der Waals surface area contributed by atoms with Crippen molar-refractivity contribution in [1.82, 2.24) is 0 Å². The van der Waals surface area contributed by atoms with Crippen molar-refractivity contribution in [3.05, 3.63) is 66.4 Å². The summed E-state index contributed by atoms with van der Waals surface area (Å²) < 4.78 is 11.5. The molecular weight excluding hydrogens is 398 g/mol. The highest BCUT2D eigenvalue weighted by Crippen LogP contribution is 2.17. The third kappa shape index (κ3) is 10.0. The molecule has 0 radical (unpaired) electrons. The van der Waals surface area contributed by atoms with Gasteiger partial charge in [-0.3, -0.25) is 4.79 Å². The van der Waals surface area contributed by atoms with E-state index in [2.05, 4.69) is 26.1 Å². The van der Waals surface area contributed by atoms with Crippen molar-refractivity contribution in [3.8, 4) is 11.5 Å². The van der Waals surface area contributed by atoms with E-state index in [0.29, 0.717) is 18.1 Å². The van der Waals surface area contributed by atoms with Crippen molar-refractivity contribution < 1.29 is 14.3 Å². The Labute approximate surface area is 194 Å². The Balaban J connectivity index is 1.70. The number of carbonyl (C=O) groups excluding carboxylic acids is 1.